The normalized spacial score (nSPS) is 26.9. The molecular weight excluding hydrogens is 266 g/mol. The van der Waals surface area contributed by atoms with Crippen LogP contribution in [0.15, 0.2) is 0 Å². The van der Waals surface area contributed by atoms with Gasteiger partial charge in [0.25, 0.3) is 0 Å². The SMILES string of the molecule is CC(C)(C)c1nc(N2CCCC3CCCC32)sc1CN. The molecule has 20 heavy (non-hydrogen) atoms. The van der Waals surface area contributed by atoms with Gasteiger partial charge in [-0.25, -0.2) is 4.98 Å². The van der Waals surface area contributed by atoms with Gasteiger partial charge in [0, 0.05) is 29.4 Å². The molecule has 2 heterocycles. The highest BCUT2D eigenvalue weighted by molar-refractivity contribution is 7.15. The molecule has 0 bridgehead atoms. The Morgan fingerprint density at radius 2 is 2.00 bits per heavy atom. The van der Waals surface area contributed by atoms with Gasteiger partial charge in [-0.15, -0.1) is 11.3 Å². The Kier molecular flexibility index (Phi) is 3.80. The van der Waals surface area contributed by atoms with Gasteiger partial charge in [-0.1, -0.05) is 27.2 Å². The smallest absolute Gasteiger partial charge is 0.186 e. The van der Waals surface area contributed by atoms with Crippen LogP contribution in [0.25, 0.3) is 0 Å². The molecule has 1 aromatic rings. The summed E-state index contributed by atoms with van der Waals surface area (Å²) in [7, 11) is 0. The number of anilines is 1. The van der Waals surface area contributed by atoms with Crippen LogP contribution in [-0.2, 0) is 12.0 Å². The fourth-order valence-corrected chi connectivity index (χ4v) is 5.11. The third-order valence-electron chi connectivity index (χ3n) is 4.82. The molecule has 1 aliphatic heterocycles. The lowest BCUT2D eigenvalue weighted by Gasteiger charge is -2.37. The molecule has 4 heteroatoms. The van der Waals surface area contributed by atoms with E-state index >= 15 is 0 Å². The zero-order chi connectivity index (χ0) is 14.3. The minimum absolute atomic E-state index is 0.0916. The Balaban J connectivity index is 1.92. The van der Waals surface area contributed by atoms with Crippen molar-refractivity contribution in [1.82, 2.24) is 4.98 Å². The van der Waals surface area contributed by atoms with E-state index in [4.69, 9.17) is 10.7 Å². The van der Waals surface area contributed by atoms with E-state index < -0.39 is 0 Å². The molecular formula is C16H27N3S. The van der Waals surface area contributed by atoms with Crippen LogP contribution in [0.4, 0.5) is 5.13 Å². The molecule has 2 unspecified atom stereocenters. The first-order valence-corrected chi connectivity index (χ1v) is 8.79. The summed E-state index contributed by atoms with van der Waals surface area (Å²) in [5.41, 5.74) is 7.25. The average molecular weight is 293 g/mol. The number of nitrogens with two attached hydrogens (primary N) is 1. The van der Waals surface area contributed by atoms with Crippen LogP contribution in [0.3, 0.4) is 0 Å². The summed E-state index contributed by atoms with van der Waals surface area (Å²) in [5, 5.41) is 1.23. The lowest BCUT2D eigenvalue weighted by Crippen LogP contribution is -2.42. The van der Waals surface area contributed by atoms with Crippen molar-refractivity contribution in [2.45, 2.75) is 70.9 Å². The highest BCUT2D eigenvalue weighted by Gasteiger charge is 2.37. The number of hydrogen-bond acceptors (Lipinski definition) is 4. The van der Waals surface area contributed by atoms with Gasteiger partial charge >= 0.3 is 0 Å². The van der Waals surface area contributed by atoms with Gasteiger partial charge < -0.3 is 10.6 Å². The summed E-state index contributed by atoms with van der Waals surface area (Å²) in [6.45, 7) is 8.51. The summed E-state index contributed by atoms with van der Waals surface area (Å²) in [6.07, 6.45) is 6.91. The molecule has 0 spiro atoms. The lowest BCUT2D eigenvalue weighted by molar-refractivity contribution is 0.362. The minimum Gasteiger partial charge on any atom is -0.345 e. The van der Waals surface area contributed by atoms with Crippen molar-refractivity contribution < 1.29 is 0 Å². The molecule has 1 saturated heterocycles. The van der Waals surface area contributed by atoms with Crippen LogP contribution in [0.1, 0.15) is 63.4 Å². The highest BCUT2D eigenvalue weighted by Crippen LogP contribution is 2.42. The first kappa shape index (κ1) is 14.3. The van der Waals surface area contributed by atoms with Crippen molar-refractivity contribution in [3.05, 3.63) is 10.6 Å². The van der Waals surface area contributed by atoms with E-state index in [1.165, 1.54) is 54.4 Å². The molecule has 1 saturated carbocycles. The van der Waals surface area contributed by atoms with Crippen molar-refractivity contribution in [3.63, 3.8) is 0 Å². The first-order chi connectivity index (χ1) is 9.50. The largest absolute Gasteiger partial charge is 0.345 e. The molecule has 2 aliphatic rings. The average Bonchev–Trinajstić information content (AvgIpc) is 3.03. The zero-order valence-corrected chi connectivity index (χ0v) is 13.8. The molecule has 0 amide bonds. The van der Waals surface area contributed by atoms with E-state index in [0.717, 1.165) is 12.0 Å². The molecule has 1 aliphatic carbocycles. The van der Waals surface area contributed by atoms with E-state index in [1.807, 2.05) is 11.3 Å². The van der Waals surface area contributed by atoms with Crippen LogP contribution >= 0.6 is 11.3 Å². The number of nitrogens with zero attached hydrogens (tertiary/aromatic N) is 2. The van der Waals surface area contributed by atoms with Crippen molar-refractivity contribution in [2.75, 3.05) is 11.4 Å². The van der Waals surface area contributed by atoms with Crippen LogP contribution in [-0.4, -0.2) is 17.6 Å². The molecule has 1 aromatic heterocycles. The first-order valence-electron chi connectivity index (χ1n) is 7.97. The molecule has 0 aromatic carbocycles. The van der Waals surface area contributed by atoms with Crippen molar-refractivity contribution in [1.29, 1.82) is 0 Å². The third-order valence-corrected chi connectivity index (χ3v) is 5.94. The second kappa shape index (κ2) is 5.30. The van der Waals surface area contributed by atoms with Crippen molar-refractivity contribution in [3.8, 4) is 0 Å². The molecule has 3 nitrogen and oxygen atoms in total. The number of fused-ring (bicyclic) bond motifs is 1. The molecule has 3 rings (SSSR count). The quantitative estimate of drug-likeness (QED) is 0.904. The number of aromatic nitrogens is 1. The fourth-order valence-electron chi connectivity index (χ4n) is 3.88. The summed E-state index contributed by atoms with van der Waals surface area (Å²) in [4.78, 5) is 8.87. The monoisotopic (exact) mass is 293 g/mol. The summed E-state index contributed by atoms with van der Waals surface area (Å²) < 4.78 is 0. The summed E-state index contributed by atoms with van der Waals surface area (Å²) in [5.74, 6) is 0.909. The van der Waals surface area contributed by atoms with Gasteiger partial charge in [0.05, 0.1) is 5.69 Å². The third kappa shape index (κ3) is 2.48. The Morgan fingerprint density at radius 3 is 2.65 bits per heavy atom. The van der Waals surface area contributed by atoms with E-state index in [9.17, 15) is 0 Å². The Bertz CT molecular complexity index is 475. The van der Waals surface area contributed by atoms with E-state index in [0.29, 0.717) is 6.54 Å². The minimum atomic E-state index is 0.0916. The second-order valence-electron chi connectivity index (χ2n) is 7.32. The maximum absolute atomic E-state index is 5.95. The lowest BCUT2D eigenvalue weighted by atomic mass is 9.91. The van der Waals surface area contributed by atoms with Gasteiger partial charge in [0.1, 0.15) is 0 Å². The van der Waals surface area contributed by atoms with Gasteiger partial charge in [-0.3, -0.25) is 0 Å². The van der Waals surface area contributed by atoms with E-state index in [1.54, 1.807) is 0 Å². The molecule has 2 atom stereocenters. The zero-order valence-electron chi connectivity index (χ0n) is 13.0. The van der Waals surface area contributed by atoms with Gasteiger partial charge in [0.15, 0.2) is 5.13 Å². The molecule has 0 radical (unpaired) electrons. The maximum atomic E-state index is 5.95. The standard InChI is InChI=1S/C16H27N3S/c1-16(2,3)14-13(10-17)20-15(18-14)19-9-5-7-11-6-4-8-12(11)19/h11-12H,4-10,17H2,1-3H3. The number of rotatable bonds is 2. The van der Waals surface area contributed by atoms with Crippen LogP contribution in [0.2, 0.25) is 0 Å². The fraction of sp³-hybridized carbons (Fsp3) is 0.812. The molecule has 112 valence electrons. The van der Waals surface area contributed by atoms with Crippen LogP contribution in [0.5, 0.6) is 0 Å². The Morgan fingerprint density at radius 1 is 1.25 bits per heavy atom. The van der Waals surface area contributed by atoms with Crippen LogP contribution in [0, 0.1) is 5.92 Å². The van der Waals surface area contributed by atoms with Gasteiger partial charge in [0.2, 0.25) is 0 Å². The van der Waals surface area contributed by atoms with Crippen molar-refractivity contribution >= 4 is 16.5 Å². The second-order valence-corrected chi connectivity index (χ2v) is 8.38. The molecule has 2 N–H and O–H groups in total. The Labute approximate surface area is 126 Å². The predicted octanol–water partition coefficient (Wildman–Crippen LogP) is 3.67. The highest BCUT2D eigenvalue weighted by atomic mass is 32.1. The number of piperidine rings is 1. The maximum Gasteiger partial charge on any atom is 0.186 e. The van der Waals surface area contributed by atoms with Crippen molar-refractivity contribution in [2.24, 2.45) is 11.7 Å². The summed E-state index contributed by atoms with van der Waals surface area (Å²) in [6, 6.07) is 0.744. The topological polar surface area (TPSA) is 42.2 Å². The number of hydrogen-bond donors (Lipinski definition) is 1. The number of thiazole rings is 1. The van der Waals surface area contributed by atoms with Crippen LogP contribution < -0.4 is 10.6 Å². The van der Waals surface area contributed by atoms with Gasteiger partial charge in [-0.05, 0) is 31.6 Å². The van der Waals surface area contributed by atoms with E-state index in [2.05, 4.69) is 25.7 Å². The molecule has 2 fully saturated rings. The summed E-state index contributed by atoms with van der Waals surface area (Å²) >= 11 is 1.83. The van der Waals surface area contributed by atoms with E-state index in [-0.39, 0.29) is 5.41 Å². The Hall–Kier alpha value is -0.610. The van der Waals surface area contributed by atoms with Gasteiger partial charge in [-0.2, -0.15) is 0 Å². The predicted molar refractivity (Wildman–Crippen MR) is 86.4 cm³/mol.